The summed E-state index contributed by atoms with van der Waals surface area (Å²) in [7, 11) is 0. The second kappa shape index (κ2) is 103. The Morgan fingerprint density at radius 2 is 0.290 bits per heavy atom. The Labute approximate surface area is 865 Å². The molecule has 802 valence electrons. The van der Waals surface area contributed by atoms with Gasteiger partial charge in [0.25, 0.3) is 0 Å². The van der Waals surface area contributed by atoms with Crippen LogP contribution in [-0.2, 0) is 0 Å². The number of ether oxygens (including phenoxy) is 4. The smallest absolute Gasteiger partial charge is 0.126 e. The molecule has 4 unspecified atom stereocenters. The van der Waals surface area contributed by atoms with Gasteiger partial charge < -0.3 is 18.9 Å². The van der Waals surface area contributed by atoms with Crippen LogP contribution in [0.5, 0.6) is 23.0 Å². The van der Waals surface area contributed by atoms with E-state index in [9.17, 15) is 0 Å². The molecule has 3 rings (SSSR count). The number of hydrogen-bond donors (Lipinski definition) is 0. The van der Waals surface area contributed by atoms with Gasteiger partial charge in [0.05, 0.1) is 26.4 Å². The lowest BCUT2D eigenvalue weighted by atomic mass is 9.94. The summed E-state index contributed by atoms with van der Waals surface area (Å²) < 4.78 is 28.6. The molecule has 0 aliphatic carbocycles. The van der Waals surface area contributed by atoms with Crippen molar-refractivity contribution in [1.29, 1.82) is 0 Å². The summed E-state index contributed by atoms with van der Waals surface area (Å²) in [6.45, 7) is 21.9. The Balaban J connectivity index is 2.07. The predicted molar refractivity (Wildman–Crippen MR) is 622 cm³/mol. The number of rotatable bonds is 112. The summed E-state index contributed by atoms with van der Waals surface area (Å²) in [6.07, 6.45) is 142. The van der Waals surface area contributed by atoms with E-state index in [-0.39, 0.29) is 0 Å². The molecule has 0 radical (unpaired) electrons. The van der Waals surface area contributed by atoms with Crippen molar-refractivity contribution in [1.82, 2.24) is 0 Å². The molecule has 0 amide bonds. The van der Waals surface area contributed by atoms with Gasteiger partial charge in [-0.15, -0.1) is 0 Å². The monoisotopic (exact) mass is 1920 g/mol. The zero-order valence-electron chi connectivity index (χ0n) is 94.7. The molecule has 0 fully saturated rings. The summed E-state index contributed by atoms with van der Waals surface area (Å²) in [5.41, 5.74) is 4.67. The summed E-state index contributed by atoms with van der Waals surface area (Å²) in [5.74, 6) is 6.30. The largest absolute Gasteiger partial charge is 0.493 e. The molecular formula is C134H242O4. The molecule has 4 heteroatoms. The highest BCUT2D eigenvalue weighted by atomic mass is 16.5. The maximum absolute atomic E-state index is 7.23. The fraction of sp³-hybridized carbons (Fsp3) is 0.836. The zero-order valence-corrected chi connectivity index (χ0v) is 94.7. The van der Waals surface area contributed by atoms with E-state index in [0.717, 1.165) is 60.6 Å². The quantitative estimate of drug-likeness (QED) is 0.0417. The van der Waals surface area contributed by atoms with Gasteiger partial charge in [0.1, 0.15) is 23.0 Å². The minimum absolute atomic E-state index is 0.570. The Morgan fingerprint density at radius 1 is 0.152 bits per heavy atom. The predicted octanol–water partition coefficient (Wildman–Crippen LogP) is 47.6. The number of benzene rings is 3. The van der Waals surface area contributed by atoms with Crippen molar-refractivity contribution in [2.45, 2.75) is 672 Å². The SMILES string of the molecule is CCCCCCCCCCCCCCC(CCCCCCCCCCCC)COc1ccc(OCC(CCCCCCCCCCCC)CCCCCCCCCCCCCC)c(/C=C/c2ccc(/C=C/c3cc(OCC(CCCCCCCCCCCC)CCCCCCCCCCCCCC)ccc3OCC(CCCCCCCCCCCC)CCCCCCCCCCCCCC)cc2)c1. The fourth-order valence-corrected chi connectivity index (χ4v) is 21.7. The van der Waals surface area contributed by atoms with E-state index in [0.29, 0.717) is 23.7 Å². The normalized spacial score (nSPS) is 12.8. The molecular weight excluding hydrogens is 1670 g/mol. The van der Waals surface area contributed by atoms with E-state index in [1.165, 1.54) is 628 Å². The van der Waals surface area contributed by atoms with Crippen LogP contribution in [0.1, 0.15) is 694 Å². The highest BCUT2D eigenvalue weighted by Gasteiger charge is 2.19. The molecule has 138 heavy (non-hydrogen) atoms. The van der Waals surface area contributed by atoms with Crippen molar-refractivity contribution in [2.75, 3.05) is 26.4 Å². The first kappa shape index (κ1) is 128. The maximum Gasteiger partial charge on any atom is 0.126 e. The van der Waals surface area contributed by atoms with Crippen LogP contribution >= 0.6 is 0 Å². The van der Waals surface area contributed by atoms with Gasteiger partial charge in [-0.2, -0.15) is 0 Å². The summed E-state index contributed by atoms with van der Waals surface area (Å²) in [5, 5.41) is 0. The van der Waals surface area contributed by atoms with Gasteiger partial charge in [0.2, 0.25) is 0 Å². The van der Waals surface area contributed by atoms with Crippen molar-refractivity contribution in [3.8, 4) is 23.0 Å². The third kappa shape index (κ3) is 82.5. The first-order valence-corrected chi connectivity index (χ1v) is 63.6. The van der Waals surface area contributed by atoms with E-state index < -0.39 is 0 Å². The van der Waals surface area contributed by atoms with Crippen molar-refractivity contribution < 1.29 is 18.9 Å². The molecule has 3 aromatic rings. The second-order valence-corrected chi connectivity index (χ2v) is 45.0. The summed E-state index contributed by atoms with van der Waals surface area (Å²) in [4.78, 5) is 0. The van der Waals surface area contributed by atoms with E-state index in [1.807, 2.05) is 0 Å². The molecule has 3 aromatic carbocycles. The Morgan fingerprint density at radius 3 is 0.442 bits per heavy atom. The molecule has 0 saturated carbocycles. The molecule has 0 spiro atoms. The van der Waals surface area contributed by atoms with Crippen LogP contribution in [0.4, 0.5) is 0 Å². The average Bonchev–Trinajstić information content (AvgIpc) is 0.819. The van der Waals surface area contributed by atoms with Crippen LogP contribution in [0, 0.1) is 23.7 Å². The molecule has 4 nitrogen and oxygen atoms in total. The molecule has 0 aliphatic rings. The van der Waals surface area contributed by atoms with Gasteiger partial charge in [-0.25, -0.2) is 0 Å². The average molecular weight is 1920 g/mol. The third-order valence-electron chi connectivity index (χ3n) is 31.5. The van der Waals surface area contributed by atoms with Crippen molar-refractivity contribution in [3.05, 3.63) is 82.9 Å². The van der Waals surface area contributed by atoms with E-state index >= 15 is 0 Å². The molecule has 4 atom stereocenters. The molecule has 0 aromatic heterocycles. The molecule has 0 aliphatic heterocycles. The summed E-state index contributed by atoms with van der Waals surface area (Å²) in [6, 6.07) is 23.1. The van der Waals surface area contributed by atoms with Crippen LogP contribution in [0.15, 0.2) is 60.7 Å². The summed E-state index contributed by atoms with van der Waals surface area (Å²) >= 11 is 0. The minimum Gasteiger partial charge on any atom is -0.493 e. The molecule has 0 bridgehead atoms. The molecule has 0 heterocycles. The van der Waals surface area contributed by atoms with Crippen LogP contribution in [0.3, 0.4) is 0 Å². The third-order valence-corrected chi connectivity index (χ3v) is 31.5. The molecule has 0 saturated heterocycles. The molecule has 0 N–H and O–H groups in total. The van der Waals surface area contributed by atoms with Crippen LogP contribution in [0.2, 0.25) is 0 Å². The van der Waals surface area contributed by atoms with Crippen molar-refractivity contribution in [2.24, 2.45) is 23.7 Å². The van der Waals surface area contributed by atoms with Crippen molar-refractivity contribution in [3.63, 3.8) is 0 Å². The Hall–Kier alpha value is -3.66. The Kier molecular flexibility index (Phi) is 96.2. The van der Waals surface area contributed by atoms with Gasteiger partial charge in [0.15, 0.2) is 0 Å². The lowest BCUT2D eigenvalue weighted by molar-refractivity contribution is 0.218. The minimum atomic E-state index is 0.570. The lowest BCUT2D eigenvalue weighted by Crippen LogP contribution is -2.14. The van der Waals surface area contributed by atoms with Gasteiger partial charge in [-0.3, -0.25) is 0 Å². The number of hydrogen-bond acceptors (Lipinski definition) is 4. The van der Waals surface area contributed by atoms with E-state index in [4.69, 9.17) is 18.9 Å². The van der Waals surface area contributed by atoms with Gasteiger partial charge in [0, 0.05) is 11.1 Å². The van der Waals surface area contributed by atoms with Gasteiger partial charge >= 0.3 is 0 Å². The highest BCUT2D eigenvalue weighted by molar-refractivity contribution is 5.76. The van der Waals surface area contributed by atoms with E-state index in [2.05, 4.69) is 140 Å². The maximum atomic E-state index is 7.23. The van der Waals surface area contributed by atoms with E-state index in [1.54, 1.807) is 0 Å². The topological polar surface area (TPSA) is 36.9 Å². The fourth-order valence-electron chi connectivity index (χ4n) is 21.7. The first-order valence-electron chi connectivity index (χ1n) is 63.6. The van der Waals surface area contributed by atoms with Gasteiger partial charge in [-0.1, -0.05) is 669 Å². The van der Waals surface area contributed by atoms with Crippen LogP contribution in [-0.4, -0.2) is 26.4 Å². The zero-order chi connectivity index (χ0) is 98.4. The highest BCUT2D eigenvalue weighted by Crippen LogP contribution is 2.35. The standard InChI is InChI=1S/C134H242O4/c1-9-17-25-33-41-49-57-61-69-77-83-91-99-125(97-89-81-73-65-53-45-37-29-21-13-5)119-135-131-113-115-133(137-121-127(101-93-85-75-67-55-47-39-31-23-15-7)103-95-87-79-71-63-59-51-43-35-27-19-11-3)129(117-131)111-109-123-105-107-124(108-106-123)110-112-130-118-132(136-120-126(98-90-82-74-66-54-46-38-30-22-14-6)100-92-84-78-70-62-58-50-42-34-26-18-10-2)114-116-134(130)138-122-128(102-94-86-76-68-56-48-40-32-24-16-8)104-96-88-80-72-64-60-52-44-36-28-20-12-4/h105-118,125-128H,9-104,119-122H2,1-8H3/b111-109+,112-110+. The van der Waals surface area contributed by atoms with Gasteiger partial charge in [-0.05, 0) is 123 Å². The second-order valence-electron chi connectivity index (χ2n) is 45.0. The van der Waals surface area contributed by atoms with Crippen molar-refractivity contribution >= 4 is 24.3 Å². The van der Waals surface area contributed by atoms with Crippen LogP contribution < -0.4 is 18.9 Å². The Bertz CT molecular complexity index is 2760. The number of unbranched alkanes of at least 4 members (excludes halogenated alkanes) is 80. The first-order chi connectivity index (χ1) is 68.4. The lowest BCUT2D eigenvalue weighted by Gasteiger charge is -2.20. The van der Waals surface area contributed by atoms with Crippen LogP contribution in [0.25, 0.3) is 24.3 Å².